The lowest BCUT2D eigenvalue weighted by molar-refractivity contribution is -0.143. The number of hydrogen-bond donors (Lipinski definition) is 1. The van der Waals surface area contributed by atoms with E-state index in [1.807, 2.05) is 56.3 Å². The first-order valence-corrected chi connectivity index (χ1v) is 12.1. The zero-order valence-corrected chi connectivity index (χ0v) is 19.0. The minimum atomic E-state index is -1.76. The molecular weight excluding hydrogens is 416 g/mol. The summed E-state index contributed by atoms with van der Waals surface area (Å²) in [5, 5.41) is 11.6. The number of Topliss-reactive ketones (excluding diaryl/α,β-unsaturated/α-hetero) is 1. The van der Waals surface area contributed by atoms with Crippen molar-refractivity contribution in [3.05, 3.63) is 77.1 Å². The van der Waals surface area contributed by atoms with Crippen molar-refractivity contribution in [3.63, 3.8) is 0 Å². The van der Waals surface area contributed by atoms with E-state index in [-0.39, 0.29) is 11.9 Å². The maximum Gasteiger partial charge on any atom is 0.211 e. The van der Waals surface area contributed by atoms with E-state index >= 15 is 0 Å². The summed E-state index contributed by atoms with van der Waals surface area (Å²) in [7, 11) is 1.65. The second-order valence-corrected chi connectivity index (χ2v) is 10.5. The molecular formula is C24H26O4S2. The number of carbonyl (C=O) groups is 1. The molecule has 2 aromatic rings. The molecule has 1 aliphatic heterocycles. The summed E-state index contributed by atoms with van der Waals surface area (Å²) < 4.78 is 11.1. The Morgan fingerprint density at radius 2 is 1.63 bits per heavy atom. The van der Waals surface area contributed by atoms with Gasteiger partial charge in [0.15, 0.2) is 5.76 Å². The average molecular weight is 443 g/mol. The average Bonchev–Trinajstić information content (AvgIpc) is 2.79. The minimum Gasteiger partial charge on any atom is -0.496 e. The maximum absolute atomic E-state index is 13.7. The monoisotopic (exact) mass is 442 g/mol. The molecule has 158 valence electrons. The highest BCUT2D eigenvalue weighted by atomic mass is 32.2. The Balaban J connectivity index is 1.95. The Bertz CT molecular complexity index is 964. The largest absolute Gasteiger partial charge is 0.496 e. The van der Waals surface area contributed by atoms with Crippen LogP contribution in [0.4, 0.5) is 0 Å². The first-order valence-electron chi connectivity index (χ1n) is 10.1. The van der Waals surface area contributed by atoms with Gasteiger partial charge in [0, 0.05) is 5.56 Å². The van der Waals surface area contributed by atoms with Crippen molar-refractivity contribution in [1.82, 2.24) is 0 Å². The predicted molar refractivity (Wildman–Crippen MR) is 123 cm³/mol. The molecule has 2 aliphatic rings. The molecule has 1 heterocycles. The van der Waals surface area contributed by atoms with Gasteiger partial charge in [-0.25, -0.2) is 0 Å². The van der Waals surface area contributed by atoms with Gasteiger partial charge in [-0.2, -0.15) is 0 Å². The zero-order valence-electron chi connectivity index (χ0n) is 17.4. The first kappa shape index (κ1) is 21.3. The summed E-state index contributed by atoms with van der Waals surface area (Å²) in [6.45, 7) is 3.82. The quantitative estimate of drug-likeness (QED) is 0.689. The van der Waals surface area contributed by atoms with Crippen LogP contribution in [0, 0.1) is 0 Å². The van der Waals surface area contributed by atoms with Gasteiger partial charge in [0.2, 0.25) is 11.4 Å². The lowest BCUT2D eigenvalue weighted by atomic mass is 9.70. The van der Waals surface area contributed by atoms with E-state index in [1.165, 1.54) is 0 Å². The summed E-state index contributed by atoms with van der Waals surface area (Å²) in [5.74, 6) is 2.64. The van der Waals surface area contributed by atoms with Gasteiger partial charge in [0.1, 0.15) is 9.83 Å². The molecule has 30 heavy (non-hydrogen) atoms. The summed E-state index contributed by atoms with van der Waals surface area (Å²) in [4.78, 5) is 13.7. The normalized spacial score (nSPS) is 23.3. The molecule has 0 spiro atoms. The van der Waals surface area contributed by atoms with Gasteiger partial charge in [-0.05, 0) is 43.4 Å². The fourth-order valence-corrected chi connectivity index (χ4v) is 7.49. The molecule has 6 heteroatoms. The molecule has 0 amide bonds. The van der Waals surface area contributed by atoms with Gasteiger partial charge in [0.05, 0.1) is 18.8 Å². The molecule has 1 aliphatic carbocycles. The van der Waals surface area contributed by atoms with Crippen LogP contribution >= 0.6 is 23.5 Å². The third kappa shape index (κ3) is 3.26. The van der Waals surface area contributed by atoms with E-state index in [9.17, 15) is 9.90 Å². The molecule has 0 saturated carbocycles. The third-order valence-corrected chi connectivity index (χ3v) is 8.70. The van der Waals surface area contributed by atoms with Gasteiger partial charge in [-0.3, -0.25) is 4.79 Å². The van der Waals surface area contributed by atoms with Crippen LogP contribution in [-0.2, 0) is 19.2 Å². The number of ketones is 1. The van der Waals surface area contributed by atoms with Crippen LogP contribution in [0.15, 0.2) is 65.9 Å². The van der Waals surface area contributed by atoms with Gasteiger partial charge in [0.25, 0.3) is 0 Å². The Morgan fingerprint density at radius 3 is 2.27 bits per heavy atom. The smallest absolute Gasteiger partial charge is 0.211 e. The van der Waals surface area contributed by atoms with Crippen molar-refractivity contribution < 1.29 is 19.4 Å². The van der Waals surface area contributed by atoms with Gasteiger partial charge in [-0.15, -0.1) is 23.5 Å². The number of rotatable bonds is 6. The van der Waals surface area contributed by atoms with Crippen LogP contribution in [0.3, 0.4) is 0 Å². The number of ether oxygens (including phenoxy) is 2. The SMILES string of the molecule is COc1ccccc1C1(C2=C(OC(C)C)C(O)(c3ccccc3)C2=O)SCCCS1. The number of carbonyl (C=O) groups excluding carboxylic acids is 1. The van der Waals surface area contributed by atoms with Crippen LogP contribution in [0.25, 0.3) is 0 Å². The highest BCUT2D eigenvalue weighted by Gasteiger charge is 2.63. The molecule has 4 nitrogen and oxygen atoms in total. The van der Waals surface area contributed by atoms with Crippen LogP contribution in [0.2, 0.25) is 0 Å². The Kier molecular flexibility index (Phi) is 5.93. The molecule has 0 aromatic heterocycles. The number of thioether (sulfide) groups is 2. The molecule has 0 bridgehead atoms. The number of methoxy groups -OCH3 is 1. The summed E-state index contributed by atoms with van der Waals surface area (Å²) in [6.07, 6.45) is 0.892. The Morgan fingerprint density at radius 1 is 1.00 bits per heavy atom. The second kappa shape index (κ2) is 8.33. The van der Waals surface area contributed by atoms with Crippen LogP contribution < -0.4 is 4.74 Å². The van der Waals surface area contributed by atoms with Gasteiger partial charge < -0.3 is 14.6 Å². The molecule has 1 atom stereocenters. The number of hydrogen-bond acceptors (Lipinski definition) is 6. The van der Waals surface area contributed by atoms with E-state index in [4.69, 9.17) is 9.47 Å². The summed E-state index contributed by atoms with van der Waals surface area (Å²) in [6, 6.07) is 16.9. The third-order valence-electron chi connectivity index (χ3n) is 5.35. The molecule has 0 radical (unpaired) electrons. The molecule has 1 saturated heterocycles. The van der Waals surface area contributed by atoms with Crippen LogP contribution in [0.1, 0.15) is 31.4 Å². The molecule has 1 fully saturated rings. The highest BCUT2D eigenvalue weighted by Crippen LogP contribution is 2.63. The van der Waals surface area contributed by atoms with Crippen molar-refractivity contribution in [3.8, 4) is 5.75 Å². The topological polar surface area (TPSA) is 55.8 Å². The van der Waals surface area contributed by atoms with Crippen molar-refractivity contribution in [2.24, 2.45) is 0 Å². The van der Waals surface area contributed by atoms with Crippen molar-refractivity contribution >= 4 is 29.3 Å². The summed E-state index contributed by atoms with van der Waals surface area (Å²) >= 11 is 3.44. The predicted octanol–water partition coefficient (Wildman–Crippen LogP) is 4.87. The molecule has 1 unspecified atom stereocenters. The lowest BCUT2D eigenvalue weighted by Gasteiger charge is -2.48. The van der Waals surface area contributed by atoms with Gasteiger partial charge >= 0.3 is 0 Å². The molecule has 1 N–H and O–H groups in total. The zero-order chi connectivity index (χ0) is 21.4. The van der Waals surface area contributed by atoms with Crippen LogP contribution in [0.5, 0.6) is 5.75 Å². The van der Waals surface area contributed by atoms with Crippen molar-refractivity contribution in [1.29, 1.82) is 0 Å². The second-order valence-electron chi connectivity index (χ2n) is 7.64. The standard InChI is InChI=1S/C24H26O4S2/c1-16(2)28-22-20(21(25)23(22,26)17-10-5-4-6-11-17)24(29-14-9-15-30-24)18-12-7-8-13-19(18)27-3/h4-8,10-13,16,26H,9,14-15H2,1-3H3. The van der Waals surface area contributed by atoms with Crippen LogP contribution in [-0.4, -0.2) is 35.6 Å². The van der Waals surface area contributed by atoms with Crippen molar-refractivity contribution in [2.45, 2.75) is 36.1 Å². The lowest BCUT2D eigenvalue weighted by Crippen LogP contribution is -2.54. The molecule has 2 aromatic carbocycles. The van der Waals surface area contributed by atoms with E-state index < -0.39 is 9.68 Å². The fourth-order valence-electron chi connectivity index (χ4n) is 4.01. The van der Waals surface area contributed by atoms with E-state index in [0.717, 1.165) is 29.2 Å². The van der Waals surface area contributed by atoms with E-state index in [0.29, 0.717) is 16.9 Å². The first-order chi connectivity index (χ1) is 14.4. The highest BCUT2D eigenvalue weighted by molar-refractivity contribution is 8.18. The summed E-state index contributed by atoms with van der Waals surface area (Å²) in [5.41, 5.74) is 0.261. The Hall–Kier alpha value is -1.89. The number of aliphatic hydroxyl groups is 1. The Labute approximate surface area is 186 Å². The fraction of sp³-hybridized carbons (Fsp3) is 0.375. The van der Waals surface area contributed by atoms with E-state index in [1.54, 1.807) is 42.8 Å². The van der Waals surface area contributed by atoms with Gasteiger partial charge in [-0.1, -0.05) is 48.5 Å². The maximum atomic E-state index is 13.7. The van der Waals surface area contributed by atoms with Crippen molar-refractivity contribution in [2.75, 3.05) is 18.6 Å². The molecule has 4 rings (SSSR count). The van der Waals surface area contributed by atoms with E-state index in [2.05, 4.69) is 0 Å². The number of para-hydroxylation sites is 1. The number of benzene rings is 2. The minimum absolute atomic E-state index is 0.174.